The third-order valence-corrected chi connectivity index (χ3v) is 4.68. The average Bonchev–Trinajstić information content (AvgIpc) is 2.65. The molecule has 0 fully saturated rings. The van der Waals surface area contributed by atoms with E-state index in [1.165, 1.54) is 5.56 Å². The first kappa shape index (κ1) is 18.1. The van der Waals surface area contributed by atoms with E-state index in [0.717, 1.165) is 28.9 Å². The van der Waals surface area contributed by atoms with Crippen molar-refractivity contribution in [1.82, 2.24) is 4.90 Å². The zero-order valence-electron chi connectivity index (χ0n) is 15.8. The summed E-state index contributed by atoms with van der Waals surface area (Å²) in [5.74, 6) is 1.45. The van der Waals surface area contributed by atoms with Gasteiger partial charge in [-0.1, -0.05) is 35.9 Å². The molecule has 0 aromatic heterocycles. The van der Waals surface area contributed by atoms with Crippen LogP contribution in [-0.2, 0) is 11.2 Å². The van der Waals surface area contributed by atoms with Crippen LogP contribution in [0.4, 0.5) is 0 Å². The minimum atomic E-state index is -0.136. The first-order chi connectivity index (χ1) is 12.5. The molecule has 136 valence electrons. The van der Waals surface area contributed by atoms with E-state index in [2.05, 4.69) is 12.1 Å². The predicted molar refractivity (Wildman–Crippen MR) is 103 cm³/mol. The summed E-state index contributed by atoms with van der Waals surface area (Å²) < 4.78 is 11.0. The SMILES string of the molecule is COc1cc2c(cc1OC)[C@H](c1ccccc1)N(C(=O)C=C(C)C)CC2. The molecular weight excluding hydrogens is 326 g/mol. The molecule has 1 aliphatic heterocycles. The molecule has 1 aliphatic rings. The second-order valence-electron chi connectivity index (χ2n) is 6.72. The zero-order valence-corrected chi connectivity index (χ0v) is 15.8. The second kappa shape index (κ2) is 7.65. The molecule has 0 saturated heterocycles. The maximum absolute atomic E-state index is 12.9. The van der Waals surface area contributed by atoms with Crippen LogP contribution in [0.2, 0.25) is 0 Å². The van der Waals surface area contributed by atoms with Crippen LogP contribution in [0, 0.1) is 0 Å². The Balaban J connectivity index is 2.15. The molecular formula is C22H25NO3. The van der Waals surface area contributed by atoms with Crippen LogP contribution >= 0.6 is 0 Å². The summed E-state index contributed by atoms with van der Waals surface area (Å²) in [6, 6.07) is 14.0. The number of allylic oxidation sites excluding steroid dienone is 1. The van der Waals surface area contributed by atoms with Crippen molar-refractivity contribution in [1.29, 1.82) is 0 Å². The first-order valence-corrected chi connectivity index (χ1v) is 8.80. The van der Waals surface area contributed by atoms with Gasteiger partial charge in [-0.2, -0.15) is 0 Å². The fraction of sp³-hybridized carbons (Fsp3) is 0.318. The normalized spacial score (nSPS) is 15.8. The number of carbonyl (C=O) groups excluding carboxylic acids is 1. The lowest BCUT2D eigenvalue weighted by atomic mass is 9.87. The Morgan fingerprint density at radius 2 is 1.73 bits per heavy atom. The van der Waals surface area contributed by atoms with Gasteiger partial charge in [-0.05, 0) is 49.1 Å². The van der Waals surface area contributed by atoms with E-state index in [4.69, 9.17) is 9.47 Å². The summed E-state index contributed by atoms with van der Waals surface area (Å²) in [4.78, 5) is 14.8. The molecule has 0 aliphatic carbocycles. The monoisotopic (exact) mass is 351 g/mol. The standard InChI is InChI=1S/C22H25NO3/c1-15(2)12-21(24)23-11-10-17-13-19(25-3)20(26-4)14-18(17)22(23)16-8-6-5-7-9-16/h5-9,12-14,22H,10-11H2,1-4H3/t22-/m0/s1. The highest BCUT2D eigenvalue weighted by Crippen LogP contribution is 2.41. The molecule has 4 nitrogen and oxygen atoms in total. The van der Waals surface area contributed by atoms with Crippen molar-refractivity contribution in [3.8, 4) is 11.5 Å². The molecule has 4 heteroatoms. The van der Waals surface area contributed by atoms with Gasteiger partial charge in [0, 0.05) is 12.6 Å². The highest BCUT2D eigenvalue weighted by molar-refractivity contribution is 5.89. The molecule has 1 heterocycles. The summed E-state index contributed by atoms with van der Waals surface area (Å²) >= 11 is 0. The number of hydrogen-bond donors (Lipinski definition) is 0. The van der Waals surface area contributed by atoms with E-state index in [1.54, 1.807) is 20.3 Å². The lowest BCUT2D eigenvalue weighted by Crippen LogP contribution is -2.39. The summed E-state index contributed by atoms with van der Waals surface area (Å²) in [6.07, 6.45) is 2.50. The Morgan fingerprint density at radius 3 is 2.35 bits per heavy atom. The summed E-state index contributed by atoms with van der Waals surface area (Å²) in [5.41, 5.74) is 4.38. The molecule has 0 N–H and O–H groups in total. The number of ether oxygens (including phenoxy) is 2. The van der Waals surface area contributed by atoms with Gasteiger partial charge < -0.3 is 14.4 Å². The Bertz CT molecular complexity index is 823. The summed E-state index contributed by atoms with van der Waals surface area (Å²) in [5, 5.41) is 0. The predicted octanol–water partition coefficient (Wildman–Crippen LogP) is 4.14. The topological polar surface area (TPSA) is 38.8 Å². The van der Waals surface area contributed by atoms with Gasteiger partial charge in [0.1, 0.15) is 0 Å². The third-order valence-electron chi connectivity index (χ3n) is 4.68. The molecule has 0 unspecified atom stereocenters. The molecule has 1 atom stereocenters. The fourth-order valence-corrected chi connectivity index (χ4v) is 3.51. The number of methoxy groups -OCH3 is 2. The molecule has 0 radical (unpaired) electrons. The van der Waals surface area contributed by atoms with Gasteiger partial charge in [-0.3, -0.25) is 4.79 Å². The first-order valence-electron chi connectivity index (χ1n) is 8.80. The van der Waals surface area contributed by atoms with Crippen molar-refractivity contribution < 1.29 is 14.3 Å². The lowest BCUT2D eigenvalue weighted by molar-refractivity contribution is -0.128. The minimum absolute atomic E-state index is 0.0410. The molecule has 2 aromatic rings. The van der Waals surface area contributed by atoms with Crippen LogP contribution in [0.3, 0.4) is 0 Å². The Kier molecular flexibility index (Phi) is 5.31. The molecule has 0 saturated carbocycles. The van der Waals surface area contributed by atoms with Crippen molar-refractivity contribution >= 4 is 5.91 Å². The largest absolute Gasteiger partial charge is 0.493 e. The van der Waals surface area contributed by atoms with Gasteiger partial charge in [0.15, 0.2) is 11.5 Å². The van der Waals surface area contributed by atoms with Gasteiger partial charge in [0.25, 0.3) is 0 Å². The van der Waals surface area contributed by atoms with Crippen molar-refractivity contribution in [3.05, 3.63) is 70.8 Å². The van der Waals surface area contributed by atoms with Crippen LogP contribution in [0.25, 0.3) is 0 Å². The van der Waals surface area contributed by atoms with E-state index < -0.39 is 0 Å². The Morgan fingerprint density at radius 1 is 1.08 bits per heavy atom. The van der Waals surface area contributed by atoms with Crippen LogP contribution in [0.1, 0.15) is 36.6 Å². The van der Waals surface area contributed by atoms with E-state index in [9.17, 15) is 4.79 Å². The molecule has 0 spiro atoms. The van der Waals surface area contributed by atoms with Crippen LogP contribution in [0.15, 0.2) is 54.1 Å². The van der Waals surface area contributed by atoms with E-state index >= 15 is 0 Å². The maximum Gasteiger partial charge on any atom is 0.247 e. The summed E-state index contributed by atoms with van der Waals surface area (Å²) in [6.45, 7) is 4.56. The average molecular weight is 351 g/mol. The zero-order chi connectivity index (χ0) is 18.7. The molecule has 3 rings (SSSR count). The fourth-order valence-electron chi connectivity index (χ4n) is 3.51. The van der Waals surface area contributed by atoms with Crippen LogP contribution < -0.4 is 9.47 Å². The summed E-state index contributed by atoms with van der Waals surface area (Å²) in [7, 11) is 3.28. The van der Waals surface area contributed by atoms with Crippen molar-refractivity contribution in [3.63, 3.8) is 0 Å². The smallest absolute Gasteiger partial charge is 0.247 e. The quantitative estimate of drug-likeness (QED) is 0.777. The Hall–Kier alpha value is -2.75. The Labute approximate surface area is 155 Å². The van der Waals surface area contributed by atoms with Gasteiger partial charge in [0.2, 0.25) is 5.91 Å². The van der Waals surface area contributed by atoms with Gasteiger partial charge in [0.05, 0.1) is 20.3 Å². The molecule has 1 amide bonds. The van der Waals surface area contributed by atoms with E-state index in [-0.39, 0.29) is 11.9 Å². The number of rotatable bonds is 4. The number of carbonyl (C=O) groups is 1. The third kappa shape index (κ3) is 3.45. The number of hydrogen-bond acceptors (Lipinski definition) is 3. The highest BCUT2D eigenvalue weighted by Gasteiger charge is 2.32. The second-order valence-corrected chi connectivity index (χ2v) is 6.72. The van der Waals surface area contributed by atoms with Crippen molar-refractivity contribution in [2.24, 2.45) is 0 Å². The van der Waals surface area contributed by atoms with Gasteiger partial charge in [-0.15, -0.1) is 0 Å². The van der Waals surface area contributed by atoms with E-state index in [0.29, 0.717) is 12.3 Å². The van der Waals surface area contributed by atoms with Crippen LogP contribution in [0.5, 0.6) is 11.5 Å². The number of benzene rings is 2. The number of amides is 1. The molecule has 26 heavy (non-hydrogen) atoms. The van der Waals surface area contributed by atoms with E-state index in [1.807, 2.05) is 49.1 Å². The maximum atomic E-state index is 12.9. The molecule has 0 bridgehead atoms. The highest BCUT2D eigenvalue weighted by atomic mass is 16.5. The van der Waals surface area contributed by atoms with Gasteiger partial charge in [-0.25, -0.2) is 0 Å². The number of nitrogens with zero attached hydrogens (tertiary/aromatic N) is 1. The van der Waals surface area contributed by atoms with Gasteiger partial charge >= 0.3 is 0 Å². The minimum Gasteiger partial charge on any atom is -0.493 e. The van der Waals surface area contributed by atoms with Crippen molar-refractivity contribution in [2.75, 3.05) is 20.8 Å². The number of fused-ring (bicyclic) bond motifs is 1. The lowest BCUT2D eigenvalue weighted by Gasteiger charge is -2.37. The van der Waals surface area contributed by atoms with Crippen LogP contribution in [-0.4, -0.2) is 31.6 Å². The van der Waals surface area contributed by atoms with Crippen molar-refractivity contribution in [2.45, 2.75) is 26.3 Å². The molecule has 2 aromatic carbocycles.